The summed E-state index contributed by atoms with van der Waals surface area (Å²) in [6.07, 6.45) is 2.88. The third-order valence-electron chi connectivity index (χ3n) is 4.37. The first-order chi connectivity index (χ1) is 10.7. The molecule has 0 aromatic heterocycles. The zero-order valence-electron chi connectivity index (χ0n) is 14.0. The van der Waals surface area contributed by atoms with Crippen LogP contribution in [0.5, 0.6) is 5.75 Å². The van der Waals surface area contributed by atoms with Gasteiger partial charge in [-0.05, 0) is 12.0 Å². The molecule has 1 aliphatic rings. The van der Waals surface area contributed by atoms with Crippen molar-refractivity contribution in [3.63, 3.8) is 0 Å². The highest BCUT2D eigenvalue weighted by atomic mass is 16.5. The summed E-state index contributed by atoms with van der Waals surface area (Å²) in [6.45, 7) is 6.75. The molecule has 1 aromatic rings. The van der Waals surface area contributed by atoms with E-state index >= 15 is 0 Å². The van der Waals surface area contributed by atoms with Gasteiger partial charge >= 0.3 is 0 Å². The van der Waals surface area contributed by atoms with E-state index in [1.807, 2.05) is 23.1 Å². The van der Waals surface area contributed by atoms with Crippen molar-refractivity contribution in [1.82, 2.24) is 10.2 Å². The molecular weight excluding hydrogens is 276 g/mol. The molecule has 1 fully saturated rings. The Morgan fingerprint density at radius 3 is 2.95 bits per heavy atom. The van der Waals surface area contributed by atoms with Crippen molar-refractivity contribution >= 4 is 5.91 Å². The number of nitrogens with one attached hydrogen (secondary N) is 1. The summed E-state index contributed by atoms with van der Waals surface area (Å²) >= 11 is 0. The molecule has 1 heterocycles. The van der Waals surface area contributed by atoms with Crippen LogP contribution >= 0.6 is 0 Å². The van der Waals surface area contributed by atoms with Crippen LogP contribution in [0.2, 0.25) is 0 Å². The molecule has 1 saturated heterocycles. The van der Waals surface area contributed by atoms with E-state index in [0.717, 1.165) is 43.8 Å². The zero-order valence-corrected chi connectivity index (χ0v) is 14.0. The highest BCUT2D eigenvalue weighted by molar-refractivity contribution is 5.77. The molecule has 2 rings (SSSR count). The van der Waals surface area contributed by atoms with Crippen LogP contribution in [0.3, 0.4) is 0 Å². The quantitative estimate of drug-likeness (QED) is 0.878. The number of hydrogen-bond donors (Lipinski definition) is 1. The molecule has 0 radical (unpaired) electrons. The molecule has 4 heteroatoms. The summed E-state index contributed by atoms with van der Waals surface area (Å²) in [6, 6.07) is 8.06. The van der Waals surface area contributed by atoms with Crippen LogP contribution in [0.15, 0.2) is 24.3 Å². The fraction of sp³-hybridized carbons (Fsp3) is 0.611. The van der Waals surface area contributed by atoms with E-state index in [-0.39, 0.29) is 11.9 Å². The Morgan fingerprint density at radius 1 is 1.45 bits per heavy atom. The van der Waals surface area contributed by atoms with Gasteiger partial charge in [0.25, 0.3) is 0 Å². The van der Waals surface area contributed by atoms with Crippen molar-refractivity contribution in [2.45, 2.75) is 39.2 Å². The number of para-hydroxylation sites is 1. The van der Waals surface area contributed by atoms with Gasteiger partial charge in [0.2, 0.25) is 5.91 Å². The maximum absolute atomic E-state index is 12.7. The predicted molar refractivity (Wildman–Crippen MR) is 89.0 cm³/mol. The van der Waals surface area contributed by atoms with E-state index in [1.54, 1.807) is 7.11 Å². The number of carbonyl (C=O) groups is 1. The Kier molecular flexibility index (Phi) is 6.25. The van der Waals surface area contributed by atoms with Crippen LogP contribution in [0.4, 0.5) is 0 Å². The molecule has 2 atom stereocenters. The number of hydrogen-bond acceptors (Lipinski definition) is 3. The SMILES string of the molecule is CCCC(C)CC(=O)N1CCNCC1c1ccccc1OC. The van der Waals surface area contributed by atoms with E-state index in [4.69, 9.17) is 4.74 Å². The van der Waals surface area contributed by atoms with Crippen molar-refractivity contribution in [2.75, 3.05) is 26.7 Å². The number of carbonyl (C=O) groups excluding carboxylic acids is 1. The minimum absolute atomic E-state index is 0.0613. The number of piperazine rings is 1. The molecule has 2 unspecified atom stereocenters. The normalized spacial score (nSPS) is 19.8. The van der Waals surface area contributed by atoms with Gasteiger partial charge in [0.1, 0.15) is 5.75 Å². The fourth-order valence-electron chi connectivity index (χ4n) is 3.23. The minimum Gasteiger partial charge on any atom is -0.496 e. The van der Waals surface area contributed by atoms with Crippen molar-refractivity contribution in [3.8, 4) is 5.75 Å². The van der Waals surface area contributed by atoms with Gasteiger partial charge in [-0.3, -0.25) is 4.79 Å². The summed E-state index contributed by atoms with van der Waals surface area (Å²) < 4.78 is 5.48. The summed E-state index contributed by atoms with van der Waals surface area (Å²) in [5.41, 5.74) is 1.09. The number of rotatable bonds is 6. The summed E-state index contributed by atoms with van der Waals surface area (Å²) in [4.78, 5) is 14.8. The fourth-order valence-corrected chi connectivity index (χ4v) is 3.23. The maximum Gasteiger partial charge on any atom is 0.223 e. The highest BCUT2D eigenvalue weighted by Crippen LogP contribution is 2.31. The van der Waals surface area contributed by atoms with E-state index in [2.05, 4.69) is 25.2 Å². The number of ether oxygens (including phenoxy) is 1. The van der Waals surface area contributed by atoms with Gasteiger partial charge in [-0.15, -0.1) is 0 Å². The maximum atomic E-state index is 12.7. The Balaban J connectivity index is 2.16. The molecule has 0 aliphatic carbocycles. The minimum atomic E-state index is 0.0613. The molecule has 0 spiro atoms. The Labute approximate surface area is 133 Å². The lowest BCUT2D eigenvalue weighted by atomic mass is 9.98. The third kappa shape index (κ3) is 4.01. The molecule has 122 valence electrons. The Hall–Kier alpha value is -1.55. The van der Waals surface area contributed by atoms with Crippen molar-refractivity contribution in [3.05, 3.63) is 29.8 Å². The number of benzene rings is 1. The lowest BCUT2D eigenvalue weighted by Crippen LogP contribution is -2.49. The van der Waals surface area contributed by atoms with Crippen LogP contribution in [0.1, 0.15) is 44.7 Å². The van der Waals surface area contributed by atoms with Crippen molar-refractivity contribution in [1.29, 1.82) is 0 Å². The predicted octanol–water partition coefficient (Wildman–Crippen LogP) is 2.99. The van der Waals surface area contributed by atoms with Crippen LogP contribution in [-0.2, 0) is 4.79 Å². The first-order valence-corrected chi connectivity index (χ1v) is 8.30. The summed E-state index contributed by atoms with van der Waals surface area (Å²) in [5.74, 6) is 1.57. The molecule has 0 saturated carbocycles. The van der Waals surface area contributed by atoms with Gasteiger partial charge in [0, 0.05) is 31.6 Å². The monoisotopic (exact) mass is 304 g/mol. The molecule has 4 nitrogen and oxygen atoms in total. The van der Waals surface area contributed by atoms with Gasteiger partial charge in [0.15, 0.2) is 0 Å². The second-order valence-corrected chi connectivity index (χ2v) is 6.15. The topological polar surface area (TPSA) is 41.6 Å². The summed E-state index contributed by atoms with van der Waals surface area (Å²) in [7, 11) is 1.69. The van der Waals surface area contributed by atoms with E-state index < -0.39 is 0 Å². The zero-order chi connectivity index (χ0) is 15.9. The number of nitrogens with zero attached hydrogens (tertiary/aromatic N) is 1. The van der Waals surface area contributed by atoms with E-state index in [1.165, 1.54) is 0 Å². The molecule has 1 N–H and O–H groups in total. The Bertz CT molecular complexity index is 490. The van der Waals surface area contributed by atoms with Crippen LogP contribution in [0, 0.1) is 5.92 Å². The molecule has 1 aliphatic heterocycles. The number of methoxy groups -OCH3 is 1. The van der Waals surface area contributed by atoms with Gasteiger partial charge in [-0.2, -0.15) is 0 Å². The first-order valence-electron chi connectivity index (χ1n) is 8.30. The average Bonchev–Trinajstić information content (AvgIpc) is 2.55. The van der Waals surface area contributed by atoms with Crippen LogP contribution in [-0.4, -0.2) is 37.6 Å². The molecule has 0 bridgehead atoms. The van der Waals surface area contributed by atoms with Crippen molar-refractivity contribution in [2.24, 2.45) is 5.92 Å². The van der Waals surface area contributed by atoms with E-state index in [9.17, 15) is 4.79 Å². The largest absolute Gasteiger partial charge is 0.496 e. The van der Waals surface area contributed by atoms with E-state index in [0.29, 0.717) is 12.3 Å². The highest BCUT2D eigenvalue weighted by Gasteiger charge is 2.30. The number of amides is 1. The lowest BCUT2D eigenvalue weighted by Gasteiger charge is -2.37. The second-order valence-electron chi connectivity index (χ2n) is 6.15. The van der Waals surface area contributed by atoms with Crippen LogP contribution in [0.25, 0.3) is 0 Å². The standard InChI is InChI=1S/C18H28N2O2/c1-4-7-14(2)12-18(21)20-11-10-19-13-16(20)15-8-5-6-9-17(15)22-3/h5-6,8-9,14,16,19H,4,7,10-13H2,1-3H3. The smallest absolute Gasteiger partial charge is 0.223 e. The van der Waals surface area contributed by atoms with Crippen molar-refractivity contribution < 1.29 is 9.53 Å². The molecule has 22 heavy (non-hydrogen) atoms. The average molecular weight is 304 g/mol. The molecular formula is C18H28N2O2. The summed E-state index contributed by atoms with van der Waals surface area (Å²) in [5, 5.41) is 3.40. The second kappa shape index (κ2) is 8.18. The Morgan fingerprint density at radius 2 is 2.23 bits per heavy atom. The third-order valence-corrected chi connectivity index (χ3v) is 4.37. The van der Waals surface area contributed by atoms with Gasteiger partial charge in [-0.1, -0.05) is 44.9 Å². The first kappa shape index (κ1) is 16.8. The van der Waals surface area contributed by atoms with Gasteiger partial charge in [0.05, 0.1) is 13.2 Å². The van der Waals surface area contributed by atoms with Gasteiger partial charge < -0.3 is 15.0 Å². The van der Waals surface area contributed by atoms with Gasteiger partial charge in [-0.25, -0.2) is 0 Å². The lowest BCUT2D eigenvalue weighted by molar-refractivity contribution is -0.135. The van der Waals surface area contributed by atoms with Crippen LogP contribution < -0.4 is 10.1 Å². The molecule has 1 aromatic carbocycles. The molecule has 1 amide bonds.